The molecule has 0 atom stereocenters. The van der Waals surface area contributed by atoms with Gasteiger partial charge in [0.25, 0.3) is 5.91 Å². The summed E-state index contributed by atoms with van der Waals surface area (Å²) in [6.45, 7) is 2.10. The van der Waals surface area contributed by atoms with Crippen molar-refractivity contribution >= 4 is 28.2 Å². The fraction of sp³-hybridized carbons (Fsp3) is 0.333. The number of anilines is 2. The molecule has 0 unspecified atom stereocenters. The molecule has 0 fully saturated rings. The lowest BCUT2D eigenvalue weighted by atomic mass is 10.2. The van der Waals surface area contributed by atoms with Gasteiger partial charge in [0.1, 0.15) is 17.4 Å². The Kier molecular flexibility index (Phi) is 4.59. The van der Waals surface area contributed by atoms with E-state index in [1.54, 1.807) is 13.8 Å². The molecule has 10 heteroatoms. The third kappa shape index (κ3) is 4.65. The van der Waals surface area contributed by atoms with Crippen LogP contribution in [-0.2, 0) is 0 Å². The van der Waals surface area contributed by atoms with Crippen LogP contribution in [0.5, 0.6) is 0 Å². The van der Waals surface area contributed by atoms with Crippen LogP contribution in [0.2, 0.25) is 0 Å². The first-order chi connectivity index (χ1) is 10.2. The molecule has 0 aliphatic heterocycles. The Morgan fingerprint density at radius 3 is 2.59 bits per heavy atom. The minimum absolute atomic E-state index is 0.0177. The van der Waals surface area contributed by atoms with Gasteiger partial charge in [-0.2, -0.15) is 13.2 Å². The van der Waals surface area contributed by atoms with E-state index in [0.29, 0.717) is 15.8 Å². The molecule has 0 aliphatic rings. The quantitative estimate of drug-likeness (QED) is 0.900. The van der Waals surface area contributed by atoms with Crippen molar-refractivity contribution in [2.24, 2.45) is 0 Å². The van der Waals surface area contributed by atoms with Gasteiger partial charge in [-0.1, -0.05) is 11.3 Å². The lowest BCUT2D eigenvalue weighted by Crippen LogP contribution is -2.22. The number of alkyl halides is 3. The molecule has 0 bridgehead atoms. The molecule has 6 nitrogen and oxygen atoms in total. The van der Waals surface area contributed by atoms with Gasteiger partial charge in [-0.05, 0) is 26.0 Å². The van der Waals surface area contributed by atoms with E-state index < -0.39 is 18.6 Å². The number of hydrogen-bond acceptors (Lipinski definition) is 6. The highest BCUT2D eigenvalue weighted by atomic mass is 32.1. The minimum atomic E-state index is -4.36. The zero-order valence-corrected chi connectivity index (χ0v) is 12.5. The van der Waals surface area contributed by atoms with Crippen LogP contribution in [0.3, 0.4) is 0 Å². The second kappa shape index (κ2) is 6.26. The maximum Gasteiger partial charge on any atom is 0.405 e. The summed E-state index contributed by atoms with van der Waals surface area (Å²) in [5.41, 5.74) is 0.607. The maximum atomic E-state index is 12.2. The summed E-state index contributed by atoms with van der Waals surface area (Å²) in [4.78, 5) is 16.0. The number of nitrogens with one attached hydrogen (secondary N) is 2. The van der Waals surface area contributed by atoms with Crippen molar-refractivity contribution in [1.82, 2.24) is 15.2 Å². The smallest absolute Gasteiger partial charge is 0.361 e. The summed E-state index contributed by atoms with van der Waals surface area (Å²) in [7, 11) is 0. The van der Waals surface area contributed by atoms with Crippen molar-refractivity contribution in [1.29, 1.82) is 0 Å². The van der Waals surface area contributed by atoms with Crippen molar-refractivity contribution < 1.29 is 18.0 Å². The van der Waals surface area contributed by atoms with Gasteiger partial charge in [-0.25, -0.2) is 4.98 Å². The van der Waals surface area contributed by atoms with Crippen molar-refractivity contribution in [3.05, 3.63) is 28.4 Å². The molecule has 0 saturated heterocycles. The normalized spacial score (nSPS) is 11.3. The molecule has 2 heterocycles. The molecule has 0 aliphatic carbocycles. The van der Waals surface area contributed by atoms with Crippen LogP contribution in [0.4, 0.5) is 24.1 Å². The Balaban J connectivity index is 2.13. The Bertz CT molecular complexity index is 686. The van der Waals surface area contributed by atoms with Crippen molar-refractivity contribution in [2.45, 2.75) is 20.0 Å². The first kappa shape index (κ1) is 16.1. The second-order valence-corrected chi connectivity index (χ2v) is 5.61. The molecule has 1 amide bonds. The van der Waals surface area contributed by atoms with Gasteiger partial charge in [-0.3, -0.25) is 10.1 Å². The summed E-state index contributed by atoms with van der Waals surface area (Å²) in [6, 6.07) is 2.73. The molecule has 2 rings (SSSR count). The SMILES string of the molecule is Cc1cc(C(=O)Nc2nnc(C)s2)cc(NCC(F)(F)F)n1. The molecule has 118 valence electrons. The number of pyridine rings is 1. The van der Waals surface area contributed by atoms with Crippen LogP contribution >= 0.6 is 11.3 Å². The van der Waals surface area contributed by atoms with E-state index in [-0.39, 0.29) is 11.4 Å². The third-order valence-electron chi connectivity index (χ3n) is 2.43. The number of amides is 1. The largest absolute Gasteiger partial charge is 0.405 e. The number of rotatable bonds is 4. The molecule has 0 aromatic carbocycles. The number of halogens is 3. The van der Waals surface area contributed by atoms with Gasteiger partial charge in [0.2, 0.25) is 5.13 Å². The second-order valence-electron chi connectivity index (χ2n) is 4.43. The molecule has 2 N–H and O–H groups in total. The highest BCUT2D eigenvalue weighted by molar-refractivity contribution is 7.15. The predicted molar refractivity (Wildman–Crippen MR) is 76.1 cm³/mol. The average molecular weight is 331 g/mol. The van der Waals surface area contributed by atoms with Crippen LogP contribution in [-0.4, -0.2) is 33.8 Å². The Morgan fingerprint density at radius 2 is 2.00 bits per heavy atom. The van der Waals surface area contributed by atoms with E-state index in [2.05, 4.69) is 25.8 Å². The average Bonchev–Trinajstić information content (AvgIpc) is 2.80. The fourth-order valence-electron chi connectivity index (χ4n) is 1.60. The Morgan fingerprint density at radius 1 is 1.27 bits per heavy atom. The van der Waals surface area contributed by atoms with Crippen LogP contribution in [0.25, 0.3) is 0 Å². The first-order valence-electron chi connectivity index (χ1n) is 6.14. The molecule has 0 saturated carbocycles. The van der Waals surface area contributed by atoms with E-state index in [0.717, 1.165) is 0 Å². The minimum Gasteiger partial charge on any atom is -0.361 e. The third-order valence-corrected chi connectivity index (χ3v) is 3.19. The Labute approximate surface area is 127 Å². The molecular formula is C12H12F3N5OS. The number of aryl methyl sites for hydroxylation is 2. The lowest BCUT2D eigenvalue weighted by molar-refractivity contribution is -0.115. The Hall–Kier alpha value is -2.23. The van der Waals surface area contributed by atoms with Crippen LogP contribution < -0.4 is 10.6 Å². The predicted octanol–water partition coefficient (Wildman–Crippen LogP) is 2.78. The first-order valence-corrected chi connectivity index (χ1v) is 6.95. The van der Waals surface area contributed by atoms with Gasteiger partial charge < -0.3 is 5.32 Å². The molecule has 2 aromatic rings. The lowest BCUT2D eigenvalue weighted by Gasteiger charge is -2.10. The van der Waals surface area contributed by atoms with E-state index in [1.807, 2.05) is 0 Å². The van der Waals surface area contributed by atoms with Gasteiger partial charge in [-0.15, -0.1) is 10.2 Å². The standard InChI is InChI=1S/C12H12F3N5OS/c1-6-3-8(4-9(17-6)16-5-12(13,14)15)10(21)18-11-20-19-7(2)22-11/h3-4H,5H2,1-2H3,(H,16,17)(H,18,20,21). The number of hydrogen-bond donors (Lipinski definition) is 2. The van der Waals surface area contributed by atoms with Gasteiger partial charge in [0.05, 0.1) is 0 Å². The van der Waals surface area contributed by atoms with E-state index in [9.17, 15) is 18.0 Å². The van der Waals surface area contributed by atoms with Gasteiger partial charge in [0.15, 0.2) is 0 Å². The summed E-state index contributed by atoms with van der Waals surface area (Å²) in [6.07, 6.45) is -4.36. The number of nitrogens with zero attached hydrogens (tertiary/aromatic N) is 3. The van der Waals surface area contributed by atoms with Gasteiger partial charge in [0, 0.05) is 11.3 Å². The van der Waals surface area contributed by atoms with Crippen LogP contribution in [0.1, 0.15) is 21.1 Å². The highest BCUT2D eigenvalue weighted by Gasteiger charge is 2.27. The highest BCUT2D eigenvalue weighted by Crippen LogP contribution is 2.18. The number of carbonyl (C=O) groups is 1. The van der Waals surface area contributed by atoms with Crippen LogP contribution in [0.15, 0.2) is 12.1 Å². The monoisotopic (exact) mass is 331 g/mol. The van der Waals surface area contributed by atoms with Crippen LogP contribution in [0, 0.1) is 13.8 Å². The molecule has 22 heavy (non-hydrogen) atoms. The maximum absolute atomic E-state index is 12.2. The molecule has 2 aromatic heterocycles. The summed E-state index contributed by atoms with van der Waals surface area (Å²) < 4.78 is 36.6. The number of aromatic nitrogens is 3. The topological polar surface area (TPSA) is 79.8 Å². The van der Waals surface area contributed by atoms with Crippen molar-refractivity contribution in [3.8, 4) is 0 Å². The summed E-state index contributed by atoms with van der Waals surface area (Å²) in [5, 5.41) is 13.2. The fourth-order valence-corrected chi connectivity index (χ4v) is 2.18. The summed E-state index contributed by atoms with van der Waals surface area (Å²) >= 11 is 1.20. The summed E-state index contributed by atoms with van der Waals surface area (Å²) in [5.74, 6) is -0.507. The van der Waals surface area contributed by atoms with E-state index in [1.165, 1.54) is 23.5 Å². The zero-order valence-electron chi connectivity index (χ0n) is 11.7. The van der Waals surface area contributed by atoms with Crippen molar-refractivity contribution in [3.63, 3.8) is 0 Å². The van der Waals surface area contributed by atoms with E-state index in [4.69, 9.17) is 0 Å². The molecule has 0 radical (unpaired) electrons. The number of carbonyl (C=O) groups excluding carboxylic acids is 1. The van der Waals surface area contributed by atoms with Gasteiger partial charge >= 0.3 is 6.18 Å². The zero-order chi connectivity index (χ0) is 16.3. The molecular weight excluding hydrogens is 319 g/mol. The van der Waals surface area contributed by atoms with Crippen molar-refractivity contribution in [2.75, 3.05) is 17.2 Å². The molecule has 0 spiro atoms. The van der Waals surface area contributed by atoms with E-state index >= 15 is 0 Å².